The van der Waals surface area contributed by atoms with Crippen molar-refractivity contribution in [3.63, 3.8) is 0 Å². The Bertz CT molecular complexity index is 3030. The largest absolute Gasteiger partial charge is 0.381 e. The van der Waals surface area contributed by atoms with Gasteiger partial charge in [-0.15, -0.1) is 15.3 Å². The lowest BCUT2D eigenvalue weighted by Gasteiger charge is -2.12. The van der Waals surface area contributed by atoms with E-state index in [1.807, 2.05) is 18.2 Å². The Kier molecular flexibility index (Phi) is 12.6. The van der Waals surface area contributed by atoms with Crippen molar-refractivity contribution in [3.8, 4) is 0 Å². The molecule has 5 aromatic carbocycles. The number of hydrogen-bond acceptors (Lipinski definition) is 18. The van der Waals surface area contributed by atoms with Crippen LogP contribution in [0.3, 0.4) is 0 Å². The Hall–Kier alpha value is -8.71. The third-order valence-corrected chi connectivity index (χ3v) is 9.29. The molecule has 0 radical (unpaired) electrons. The number of benzene rings is 5. The molecule has 0 fully saturated rings. The van der Waals surface area contributed by atoms with Gasteiger partial charge in [0, 0.05) is 11.4 Å². The second kappa shape index (κ2) is 18.7. The first-order valence-corrected chi connectivity index (χ1v) is 19.9. The number of anilines is 8. The highest BCUT2D eigenvalue weighted by Gasteiger charge is 2.18. The third-order valence-electron chi connectivity index (χ3n) is 8.41. The number of primary amides is 2. The van der Waals surface area contributed by atoms with Crippen LogP contribution in [0.15, 0.2) is 128 Å². The van der Waals surface area contributed by atoms with Gasteiger partial charge < -0.3 is 43.2 Å². The summed E-state index contributed by atoms with van der Waals surface area (Å²) in [6.45, 7) is 3.36. The lowest BCUT2D eigenvalue weighted by atomic mass is 10.1. The Morgan fingerprint density at radius 2 is 1.03 bits per heavy atom. The molecule has 0 aliphatic rings. The number of fused-ring (bicyclic) bond motifs is 1. The van der Waals surface area contributed by atoms with Gasteiger partial charge in [0.05, 0.1) is 17.1 Å². The molecular formula is C38H35BN18O5S. The molecule has 2 heterocycles. The molecule has 0 aliphatic carbocycles. The minimum Gasteiger partial charge on any atom is -0.381 e. The van der Waals surface area contributed by atoms with Crippen molar-refractivity contribution < 1.29 is 22.6 Å². The van der Waals surface area contributed by atoms with Crippen molar-refractivity contribution in [3.05, 3.63) is 115 Å². The zero-order valence-electron chi connectivity index (χ0n) is 33.1. The standard InChI is InChI=1S/C38H35BN18O5S/c1-20-42-35(46-25-12-14-27(29(18-25)48-33(40)58)55-54-24-10-4-3-5-11-24)50-37(44-20)52-39-53-38-45-21(2)43-36(51-38)47-26-13-15-28(30(19-26)49-34(41)59)56-57-31-16-22-8-6-7-9-23(22)17-32(31)63(60,61)62/h3-19,39H,1-2H3,(H3,40,48,58)(H3,41,49,59)(H,60,61,62)(H2,42,44,46,50,52)(H2,43,45,47,51,53). The summed E-state index contributed by atoms with van der Waals surface area (Å²) in [6.07, 6.45) is 0. The topological polar surface area (TPSA) is 340 Å². The van der Waals surface area contributed by atoms with E-state index in [1.54, 1.807) is 74.5 Å². The second-order valence-corrected chi connectivity index (χ2v) is 14.6. The summed E-state index contributed by atoms with van der Waals surface area (Å²) in [7, 11) is -4.59. The molecule has 23 nitrogen and oxygen atoms in total. The average molecular weight is 867 g/mol. The monoisotopic (exact) mass is 866 g/mol. The van der Waals surface area contributed by atoms with E-state index in [0.29, 0.717) is 50.9 Å². The molecule has 316 valence electrons. The highest BCUT2D eigenvalue weighted by molar-refractivity contribution is 7.86. The van der Waals surface area contributed by atoms with Gasteiger partial charge in [0.15, 0.2) is 0 Å². The fraction of sp³-hybridized carbons (Fsp3) is 0.0526. The van der Waals surface area contributed by atoms with Gasteiger partial charge in [-0.2, -0.15) is 43.4 Å². The van der Waals surface area contributed by atoms with Crippen LogP contribution < -0.4 is 43.2 Å². The summed E-state index contributed by atoms with van der Waals surface area (Å²) in [5, 5.41) is 35.2. The number of nitrogens with zero attached hydrogens (tertiary/aromatic N) is 10. The summed E-state index contributed by atoms with van der Waals surface area (Å²) in [4.78, 5) is 49.5. The summed E-state index contributed by atoms with van der Waals surface area (Å²) >= 11 is 0. The number of hydrogen-bond donors (Lipinski definition) is 9. The minimum atomic E-state index is -4.66. The number of amides is 4. The molecule has 0 saturated carbocycles. The number of carbonyl (C=O) groups is 2. The van der Waals surface area contributed by atoms with Crippen LogP contribution in [0.5, 0.6) is 0 Å². The van der Waals surface area contributed by atoms with Crippen molar-refractivity contribution in [2.75, 3.05) is 31.7 Å². The maximum absolute atomic E-state index is 12.2. The lowest BCUT2D eigenvalue weighted by Crippen LogP contribution is -2.21. The first-order valence-electron chi connectivity index (χ1n) is 18.5. The molecule has 11 N–H and O–H groups in total. The normalized spacial score (nSPS) is 11.3. The van der Waals surface area contributed by atoms with Crippen LogP contribution in [0.2, 0.25) is 0 Å². The molecule has 0 aliphatic heterocycles. The predicted molar refractivity (Wildman–Crippen MR) is 238 cm³/mol. The number of nitrogens with two attached hydrogens (primary N) is 2. The highest BCUT2D eigenvalue weighted by atomic mass is 32.2. The van der Waals surface area contributed by atoms with E-state index >= 15 is 0 Å². The molecule has 4 amide bonds. The molecule has 25 heteroatoms. The fourth-order valence-corrected chi connectivity index (χ4v) is 6.41. The maximum atomic E-state index is 12.2. The minimum absolute atomic E-state index is 0.0719. The van der Waals surface area contributed by atoms with E-state index in [0.717, 1.165) is 0 Å². The van der Waals surface area contributed by atoms with Crippen LogP contribution in [0.25, 0.3) is 10.8 Å². The van der Waals surface area contributed by atoms with Crippen LogP contribution in [-0.4, -0.2) is 62.5 Å². The summed E-state index contributed by atoms with van der Waals surface area (Å²) in [6, 6.07) is 26.7. The van der Waals surface area contributed by atoms with Gasteiger partial charge in [-0.1, -0.05) is 42.5 Å². The Morgan fingerprint density at radius 1 is 0.571 bits per heavy atom. The maximum Gasteiger partial charge on any atom is 0.356 e. The Labute approximate surface area is 358 Å². The lowest BCUT2D eigenvalue weighted by molar-refractivity contribution is 0.258. The summed E-state index contributed by atoms with van der Waals surface area (Å²) in [5.74, 6) is 1.50. The molecule has 2 aromatic heterocycles. The molecular weight excluding hydrogens is 831 g/mol. The Morgan fingerprint density at radius 3 is 1.54 bits per heavy atom. The number of urea groups is 2. The van der Waals surface area contributed by atoms with Crippen molar-refractivity contribution in [1.82, 2.24) is 29.9 Å². The van der Waals surface area contributed by atoms with E-state index in [2.05, 4.69) is 82.1 Å². The molecule has 7 aromatic rings. The molecule has 0 unspecified atom stereocenters. The van der Waals surface area contributed by atoms with Crippen LogP contribution in [0.4, 0.5) is 78.9 Å². The highest BCUT2D eigenvalue weighted by Crippen LogP contribution is 2.35. The number of aromatic nitrogens is 6. The van der Waals surface area contributed by atoms with Crippen LogP contribution in [0, 0.1) is 13.8 Å². The van der Waals surface area contributed by atoms with E-state index in [-0.39, 0.29) is 48.4 Å². The number of nitrogens with one attached hydrogen (secondary N) is 6. The zero-order valence-corrected chi connectivity index (χ0v) is 34.0. The van der Waals surface area contributed by atoms with Gasteiger partial charge in [-0.05, 0) is 85.3 Å². The van der Waals surface area contributed by atoms with Crippen LogP contribution >= 0.6 is 0 Å². The van der Waals surface area contributed by atoms with Crippen LogP contribution in [0.1, 0.15) is 11.6 Å². The van der Waals surface area contributed by atoms with Gasteiger partial charge in [0.25, 0.3) is 10.1 Å². The van der Waals surface area contributed by atoms with Crippen LogP contribution in [-0.2, 0) is 10.1 Å². The first-order chi connectivity index (χ1) is 30.2. The number of azo groups is 2. The summed E-state index contributed by atoms with van der Waals surface area (Å²) in [5.41, 5.74) is 13.2. The van der Waals surface area contributed by atoms with Crippen molar-refractivity contribution in [1.29, 1.82) is 0 Å². The Balaban J connectivity index is 1.02. The fourth-order valence-electron chi connectivity index (χ4n) is 5.77. The van der Waals surface area contributed by atoms with Crippen molar-refractivity contribution in [2.45, 2.75) is 18.7 Å². The van der Waals surface area contributed by atoms with Gasteiger partial charge in [0.1, 0.15) is 33.6 Å². The van der Waals surface area contributed by atoms with E-state index < -0.39 is 27.1 Å². The number of aryl methyl sites for hydroxylation is 2. The molecule has 0 saturated heterocycles. The number of carbonyl (C=O) groups excluding carboxylic acids is 2. The average Bonchev–Trinajstić information content (AvgIpc) is 3.22. The zero-order chi connectivity index (χ0) is 44.5. The van der Waals surface area contributed by atoms with Gasteiger partial charge >= 0.3 is 19.6 Å². The quantitative estimate of drug-likeness (QED) is 0.0280. The van der Waals surface area contributed by atoms with Gasteiger partial charge in [0.2, 0.25) is 23.8 Å². The molecule has 0 spiro atoms. The van der Waals surface area contributed by atoms with E-state index in [1.165, 1.54) is 24.3 Å². The third kappa shape index (κ3) is 11.5. The smallest absolute Gasteiger partial charge is 0.356 e. The SMILES string of the molecule is Cc1nc(NBNc2nc(C)nc(Nc3ccc(N=Nc4cc5ccccc5cc4S(=O)(=O)O)c(NC(N)=O)c3)n2)nc(Nc2ccc(N=Nc3ccccc3)c(NC(N)=O)c2)n1. The van der Waals surface area contributed by atoms with Crippen molar-refractivity contribution >= 4 is 110 Å². The van der Waals surface area contributed by atoms with Gasteiger partial charge in [-0.25, -0.2) is 9.59 Å². The van der Waals surface area contributed by atoms with E-state index in [4.69, 9.17) is 11.5 Å². The molecule has 63 heavy (non-hydrogen) atoms. The van der Waals surface area contributed by atoms with E-state index in [9.17, 15) is 22.6 Å². The number of rotatable bonds is 15. The predicted octanol–water partition coefficient (Wildman–Crippen LogP) is 7.16. The summed E-state index contributed by atoms with van der Waals surface area (Å²) < 4.78 is 34.3. The molecule has 7 rings (SSSR count). The molecule has 0 atom stereocenters. The molecule has 0 bridgehead atoms. The van der Waals surface area contributed by atoms with Crippen molar-refractivity contribution in [2.24, 2.45) is 31.9 Å². The van der Waals surface area contributed by atoms with Gasteiger partial charge in [-0.3, -0.25) is 4.55 Å². The first kappa shape index (κ1) is 42.4. The second-order valence-electron chi connectivity index (χ2n) is 13.2.